The molecule has 0 aliphatic carbocycles. The van der Waals surface area contributed by atoms with Crippen molar-refractivity contribution in [2.24, 2.45) is 0 Å². The first-order valence-corrected chi connectivity index (χ1v) is 0. The van der Waals surface area contributed by atoms with E-state index >= 15 is 0 Å². The Hall–Kier alpha value is 2.70. The molecule has 5 heavy (non-hydrogen) atoms. The molecule has 0 fully saturated rings. The van der Waals surface area contributed by atoms with Crippen molar-refractivity contribution >= 4 is 48.9 Å². The van der Waals surface area contributed by atoms with Crippen molar-refractivity contribution in [3.8, 4) is 0 Å². The maximum atomic E-state index is 0. The van der Waals surface area contributed by atoms with Crippen LogP contribution in [0.4, 0.5) is 0 Å². The monoisotopic (exact) mass is 285 g/mol. The number of hydrogen-bond donors (Lipinski definition) is 0. The van der Waals surface area contributed by atoms with Crippen LogP contribution in [0.5, 0.6) is 0 Å². The van der Waals surface area contributed by atoms with E-state index in [4.69, 9.17) is 0 Å². The Morgan fingerprint density at radius 1 is 0.800 bits per heavy atom. The predicted octanol–water partition coefficient (Wildman–Crippen LogP) is -0.623. The summed E-state index contributed by atoms with van der Waals surface area (Å²) in [5.41, 5.74) is 0. The first-order chi connectivity index (χ1) is 0. The Balaban J connectivity index is 0. The summed E-state index contributed by atoms with van der Waals surface area (Å²) in [4.78, 5) is 0. The number of hydrogen-bond acceptors (Lipinski definition) is 0. The number of rotatable bonds is 0. The van der Waals surface area contributed by atoms with Crippen LogP contribution in [-0.2, 0) is 49.0 Å². The zero-order valence-corrected chi connectivity index (χ0v) is 11.5. The summed E-state index contributed by atoms with van der Waals surface area (Å²) in [5, 5.41) is 0. The molecular formula is BaO2VZn. The van der Waals surface area contributed by atoms with Crippen molar-refractivity contribution in [2.75, 3.05) is 0 Å². The van der Waals surface area contributed by atoms with Gasteiger partial charge in [-0.25, -0.2) is 0 Å². The van der Waals surface area contributed by atoms with Gasteiger partial charge in [-0.05, 0) is 0 Å². The Morgan fingerprint density at radius 3 is 0.800 bits per heavy atom. The third-order valence-electron chi connectivity index (χ3n) is 0. The van der Waals surface area contributed by atoms with Crippen LogP contribution in [-0.4, -0.2) is 48.9 Å². The average molecular weight is 286 g/mol. The summed E-state index contributed by atoms with van der Waals surface area (Å²) < 4.78 is 0. The van der Waals surface area contributed by atoms with Crippen LogP contribution in [0.15, 0.2) is 0 Å². The summed E-state index contributed by atoms with van der Waals surface area (Å²) in [6.07, 6.45) is 0. The van der Waals surface area contributed by atoms with Crippen LogP contribution < -0.4 is 0 Å². The van der Waals surface area contributed by atoms with E-state index < -0.39 is 0 Å². The van der Waals surface area contributed by atoms with Gasteiger partial charge in [-0.2, -0.15) is 0 Å². The average Bonchev–Trinajstić information content (AvgIpc) is 0. The van der Waals surface area contributed by atoms with Gasteiger partial charge in [-0.3, -0.25) is 0 Å². The van der Waals surface area contributed by atoms with E-state index in [1.165, 1.54) is 0 Å². The predicted molar refractivity (Wildman–Crippen MR) is 7.13 cm³/mol. The normalized spacial score (nSPS) is 0. The second kappa shape index (κ2) is 29.9. The van der Waals surface area contributed by atoms with E-state index in [0.717, 1.165) is 0 Å². The van der Waals surface area contributed by atoms with Crippen molar-refractivity contribution in [3.05, 3.63) is 0 Å². The molecule has 0 aliphatic rings. The topological polar surface area (TPSA) is 57.0 Å². The van der Waals surface area contributed by atoms with E-state index in [1.807, 2.05) is 0 Å². The minimum Gasteiger partial charge on any atom is -2.00 e. The largest absolute Gasteiger partial charge is 2.00 e. The first kappa shape index (κ1) is 47.4. The van der Waals surface area contributed by atoms with E-state index in [9.17, 15) is 0 Å². The van der Waals surface area contributed by atoms with Crippen LogP contribution in [0.1, 0.15) is 0 Å². The van der Waals surface area contributed by atoms with Crippen molar-refractivity contribution in [2.45, 2.75) is 0 Å². The Bertz CT molecular complexity index is 9.61. The zero-order chi connectivity index (χ0) is 0. The van der Waals surface area contributed by atoms with Gasteiger partial charge in [0.15, 0.2) is 0 Å². The van der Waals surface area contributed by atoms with Gasteiger partial charge >= 0.3 is 68.4 Å². The van der Waals surface area contributed by atoms with Crippen molar-refractivity contribution in [1.82, 2.24) is 0 Å². The molecule has 0 aromatic carbocycles. The quantitative estimate of drug-likeness (QED) is 0.533. The van der Waals surface area contributed by atoms with Gasteiger partial charge in [0.2, 0.25) is 0 Å². The fourth-order valence-electron chi connectivity index (χ4n) is 0. The molecule has 0 N–H and O–H groups in total. The van der Waals surface area contributed by atoms with E-state index in [1.54, 1.807) is 0 Å². The molecule has 0 amide bonds. The molecule has 0 aliphatic heterocycles. The molecule has 0 saturated heterocycles. The maximum absolute atomic E-state index is 0. The summed E-state index contributed by atoms with van der Waals surface area (Å²) in [6.45, 7) is 0. The molecule has 0 unspecified atom stereocenters. The fraction of sp³-hybridized carbons (Fsp3) is 0. The van der Waals surface area contributed by atoms with Crippen molar-refractivity contribution in [1.29, 1.82) is 0 Å². The summed E-state index contributed by atoms with van der Waals surface area (Å²) >= 11 is 0. The SMILES string of the molecule is [Ba+2].[O-2].[O-2].[V].[Zn+2]. The van der Waals surface area contributed by atoms with E-state index in [0.29, 0.717) is 0 Å². The van der Waals surface area contributed by atoms with Crippen LogP contribution in [0.25, 0.3) is 0 Å². The molecule has 0 aromatic heterocycles. The summed E-state index contributed by atoms with van der Waals surface area (Å²) in [6, 6.07) is 0. The molecule has 1 radical (unpaired) electrons. The molecule has 0 heterocycles. The van der Waals surface area contributed by atoms with Crippen LogP contribution in [0.2, 0.25) is 0 Å². The third kappa shape index (κ3) is 20.3. The van der Waals surface area contributed by atoms with Crippen molar-refractivity contribution < 1.29 is 49.0 Å². The van der Waals surface area contributed by atoms with Crippen LogP contribution in [0.3, 0.4) is 0 Å². The fourth-order valence-corrected chi connectivity index (χ4v) is 0. The molecule has 0 bridgehead atoms. The van der Waals surface area contributed by atoms with Gasteiger partial charge in [-0.15, -0.1) is 0 Å². The Labute approximate surface area is 95.8 Å². The smallest absolute Gasteiger partial charge is 2.00 e. The van der Waals surface area contributed by atoms with Gasteiger partial charge in [0, 0.05) is 18.6 Å². The minimum absolute atomic E-state index is 0. The second-order valence-corrected chi connectivity index (χ2v) is 0. The molecule has 2 nitrogen and oxygen atoms in total. The third-order valence-corrected chi connectivity index (χ3v) is 0. The van der Waals surface area contributed by atoms with Gasteiger partial charge in [-0.1, -0.05) is 0 Å². The molecule has 0 saturated carbocycles. The van der Waals surface area contributed by atoms with Crippen molar-refractivity contribution in [3.63, 3.8) is 0 Å². The molecule has 0 spiro atoms. The molecule has 0 atom stereocenters. The summed E-state index contributed by atoms with van der Waals surface area (Å²) in [7, 11) is 0. The van der Waals surface area contributed by atoms with E-state index in [-0.39, 0.29) is 97.9 Å². The van der Waals surface area contributed by atoms with E-state index in [2.05, 4.69) is 0 Å². The summed E-state index contributed by atoms with van der Waals surface area (Å²) in [5.74, 6) is 0. The first-order valence-electron chi connectivity index (χ1n) is 0. The van der Waals surface area contributed by atoms with Crippen LogP contribution in [0, 0.1) is 0 Å². The standard InChI is InChI=1S/Ba.2O.V.Zn/q+2;2*-2;;+2. The molecule has 0 rings (SSSR count). The molecule has 21 valence electrons. The Kier molecular flexibility index (Phi) is 283. The van der Waals surface area contributed by atoms with Gasteiger partial charge in [0.05, 0.1) is 0 Å². The minimum atomic E-state index is 0. The van der Waals surface area contributed by atoms with Crippen LogP contribution >= 0.6 is 0 Å². The van der Waals surface area contributed by atoms with Gasteiger partial charge < -0.3 is 11.0 Å². The van der Waals surface area contributed by atoms with Gasteiger partial charge in [0.1, 0.15) is 0 Å². The Morgan fingerprint density at radius 2 is 0.800 bits per heavy atom. The molecule has 0 aromatic rings. The zero-order valence-electron chi connectivity index (χ0n) is 2.68. The molecule has 5 heteroatoms. The molecular weight excluding hydrogens is 286 g/mol. The maximum Gasteiger partial charge on any atom is 2.00 e. The van der Waals surface area contributed by atoms with Gasteiger partial charge in [0.25, 0.3) is 0 Å². The second-order valence-electron chi connectivity index (χ2n) is 0.